The molecule has 1 rings (SSSR count). The number of ether oxygens (including phenoxy) is 2. The Morgan fingerprint density at radius 3 is 2.53 bits per heavy atom. The molecule has 0 aliphatic rings. The maximum atomic E-state index is 10.5. The Kier molecular flexibility index (Phi) is 4.41. The van der Waals surface area contributed by atoms with Crippen LogP contribution in [0.2, 0.25) is 0 Å². The summed E-state index contributed by atoms with van der Waals surface area (Å²) in [4.78, 5) is 10.5. The number of carbonyl (C=O) groups excluding carboxylic acids is 1. The van der Waals surface area contributed by atoms with Crippen LogP contribution in [-0.4, -0.2) is 19.2 Å². The van der Waals surface area contributed by atoms with Crippen molar-refractivity contribution in [2.75, 3.05) is 13.2 Å². The highest BCUT2D eigenvalue weighted by Crippen LogP contribution is 2.09. The molecule has 0 fully saturated rings. The van der Waals surface area contributed by atoms with Gasteiger partial charge in [-0.15, -0.1) is 0 Å². The molecule has 0 aromatic heterocycles. The van der Waals surface area contributed by atoms with Gasteiger partial charge in [0.25, 0.3) is 0 Å². The molecule has 0 aliphatic heterocycles. The van der Waals surface area contributed by atoms with Gasteiger partial charge in [0, 0.05) is 6.92 Å². The van der Waals surface area contributed by atoms with Crippen LogP contribution < -0.4 is 4.74 Å². The van der Waals surface area contributed by atoms with Crippen molar-refractivity contribution < 1.29 is 14.3 Å². The zero-order valence-electron chi connectivity index (χ0n) is 8.73. The number of benzene rings is 1. The normalized spacial score (nSPS) is 9.40. The first-order chi connectivity index (χ1) is 7.18. The fourth-order valence-electron chi connectivity index (χ4n) is 0.947. The van der Waals surface area contributed by atoms with Gasteiger partial charge in [0.1, 0.15) is 19.0 Å². The van der Waals surface area contributed by atoms with E-state index in [1.165, 1.54) is 6.92 Å². The number of para-hydroxylation sites is 1. The second kappa shape index (κ2) is 5.86. The molecule has 15 heavy (non-hydrogen) atoms. The second-order valence-corrected chi connectivity index (χ2v) is 3.13. The highest BCUT2D eigenvalue weighted by molar-refractivity contribution is 5.66. The van der Waals surface area contributed by atoms with Crippen LogP contribution in [0.3, 0.4) is 0 Å². The maximum Gasteiger partial charge on any atom is 0.302 e. The number of hydrogen-bond donors (Lipinski definition) is 0. The lowest BCUT2D eigenvalue weighted by Gasteiger charge is -2.08. The Morgan fingerprint density at radius 2 is 1.93 bits per heavy atom. The van der Waals surface area contributed by atoms with Crippen molar-refractivity contribution in [3.05, 3.63) is 42.5 Å². The van der Waals surface area contributed by atoms with E-state index in [-0.39, 0.29) is 12.6 Å². The van der Waals surface area contributed by atoms with Crippen LogP contribution in [-0.2, 0) is 9.53 Å². The number of esters is 1. The molecule has 0 saturated heterocycles. The summed E-state index contributed by atoms with van der Waals surface area (Å²) in [5.41, 5.74) is 0.731. The molecule has 0 radical (unpaired) electrons. The topological polar surface area (TPSA) is 35.5 Å². The van der Waals surface area contributed by atoms with E-state index in [2.05, 4.69) is 6.58 Å². The van der Waals surface area contributed by atoms with Crippen molar-refractivity contribution in [3.63, 3.8) is 0 Å². The van der Waals surface area contributed by atoms with Crippen molar-refractivity contribution in [1.29, 1.82) is 0 Å². The summed E-state index contributed by atoms with van der Waals surface area (Å²) in [5, 5.41) is 0. The first-order valence-corrected chi connectivity index (χ1v) is 4.66. The molecule has 0 atom stereocenters. The molecule has 0 N–H and O–H groups in total. The van der Waals surface area contributed by atoms with E-state index in [9.17, 15) is 4.79 Å². The van der Waals surface area contributed by atoms with Crippen LogP contribution in [0.5, 0.6) is 5.75 Å². The largest absolute Gasteiger partial charge is 0.489 e. The Bertz CT molecular complexity index is 330. The molecule has 0 spiro atoms. The standard InChI is InChI=1S/C12H14O3/c1-10(8-14-11(2)13)9-15-12-6-4-3-5-7-12/h3-7H,1,8-9H2,2H3. The third-order valence-electron chi connectivity index (χ3n) is 1.67. The van der Waals surface area contributed by atoms with Gasteiger partial charge in [-0.1, -0.05) is 24.8 Å². The van der Waals surface area contributed by atoms with E-state index in [1.807, 2.05) is 30.3 Å². The quantitative estimate of drug-likeness (QED) is 0.547. The summed E-state index contributed by atoms with van der Waals surface area (Å²) >= 11 is 0. The lowest BCUT2D eigenvalue weighted by Crippen LogP contribution is -2.08. The fraction of sp³-hybridized carbons (Fsp3) is 0.250. The monoisotopic (exact) mass is 206 g/mol. The van der Waals surface area contributed by atoms with Crippen LogP contribution in [0.25, 0.3) is 0 Å². The third-order valence-corrected chi connectivity index (χ3v) is 1.67. The highest BCUT2D eigenvalue weighted by atomic mass is 16.5. The van der Waals surface area contributed by atoms with Gasteiger partial charge in [0.05, 0.1) is 0 Å². The predicted molar refractivity (Wildman–Crippen MR) is 57.7 cm³/mol. The summed E-state index contributed by atoms with van der Waals surface area (Å²) in [5.74, 6) is 0.470. The molecule has 0 amide bonds. The zero-order valence-corrected chi connectivity index (χ0v) is 8.73. The van der Waals surface area contributed by atoms with Gasteiger partial charge in [-0.25, -0.2) is 0 Å². The second-order valence-electron chi connectivity index (χ2n) is 3.13. The molecule has 0 aliphatic carbocycles. The van der Waals surface area contributed by atoms with Crippen LogP contribution in [0.1, 0.15) is 6.92 Å². The molecular formula is C12H14O3. The van der Waals surface area contributed by atoms with E-state index in [4.69, 9.17) is 9.47 Å². The van der Waals surface area contributed by atoms with Gasteiger partial charge in [-0.05, 0) is 17.7 Å². The maximum absolute atomic E-state index is 10.5. The van der Waals surface area contributed by atoms with Crippen molar-refractivity contribution >= 4 is 5.97 Å². The molecule has 1 aromatic carbocycles. The summed E-state index contributed by atoms with van der Waals surface area (Å²) in [6.07, 6.45) is 0. The average Bonchev–Trinajstić information content (AvgIpc) is 2.25. The lowest BCUT2D eigenvalue weighted by atomic mass is 10.3. The van der Waals surface area contributed by atoms with E-state index < -0.39 is 0 Å². The summed E-state index contributed by atoms with van der Waals surface area (Å²) < 4.78 is 10.2. The van der Waals surface area contributed by atoms with E-state index in [0.29, 0.717) is 6.61 Å². The fourth-order valence-corrected chi connectivity index (χ4v) is 0.947. The van der Waals surface area contributed by atoms with Crippen LogP contribution in [0.4, 0.5) is 0 Å². The lowest BCUT2D eigenvalue weighted by molar-refractivity contribution is -0.140. The van der Waals surface area contributed by atoms with Gasteiger partial charge in [0.15, 0.2) is 0 Å². The molecule has 80 valence electrons. The van der Waals surface area contributed by atoms with Gasteiger partial charge >= 0.3 is 5.97 Å². The van der Waals surface area contributed by atoms with Crippen molar-refractivity contribution in [3.8, 4) is 5.75 Å². The SMILES string of the molecule is C=C(COC(C)=O)COc1ccccc1. The predicted octanol–water partition coefficient (Wildman–Crippen LogP) is 2.18. The van der Waals surface area contributed by atoms with E-state index >= 15 is 0 Å². The molecule has 3 nitrogen and oxygen atoms in total. The zero-order chi connectivity index (χ0) is 11.1. The van der Waals surface area contributed by atoms with Crippen molar-refractivity contribution in [1.82, 2.24) is 0 Å². The third kappa shape index (κ3) is 4.86. The van der Waals surface area contributed by atoms with Crippen molar-refractivity contribution in [2.24, 2.45) is 0 Å². The summed E-state index contributed by atoms with van der Waals surface area (Å²) in [6, 6.07) is 9.42. The molecule has 0 unspecified atom stereocenters. The molecule has 0 saturated carbocycles. The number of carbonyl (C=O) groups is 1. The van der Waals surface area contributed by atoms with Crippen LogP contribution >= 0.6 is 0 Å². The minimum Gasteiger partial charge on any atom is -0.489 e. The Hall–Kier alpha value is -1.77. The van der Waals surface area contributed by atoms with Crippen LogP contribution in [0.15, 0.2) is 42.5 Å². The number of hydrogen-bond acceptors (Lipinski definition) is 3. The summed E-state index contributed by atoms with van der Waals surface area (Å²) in [7, 11) is 0. The highest BCUT2D eigenvalue weighted by Gasteiger charge is 1.99. The van der Waals surface area contributed by atoms with Gasteiger partial charge in [-0.3, -0.25) is 4.79 Å². The Balaban J connectivity index is 2.26. The van der Waals surface area contributed by atoms with Crippen molar-refractivity contribution in [2.45, 2.75) is 6.92 Å². The molecule has 0 bridgehead atoms. The molecular weight excluding hydrogens is 192 g/mol. The van der Waals surface area contributed by atoms with Crippen LogP contribution in [0, 0.1) is 0 Å². The minimum absolute atomic E-state index is 0.210. The Morgan fingerprint density at radius 1 is 1.27 bits per heavy atom. The molecule has 0 heterocycles. The van der Waals surface area contributed by atoms with Gasteiger partial charge < -0.3 is 9.47 Å². The first kappa shape index (κ1) is 11.3. The smallest absolute Gasteiger partial charge is 0.302 e. The number of rotatable bonds is 5. The van der Waals surface area contributed by atoms with E-state index in [0.717, 1.165) is 11.3 Å². The summed E-state index contributed by atoms with van der Waals surface area (Å²) in [6.45, 7) is 5.67. The molecule has 3 heteroatoms. The van der Waals surface area contributed by atoms with Gasteiger partial charge in [-0.2, -0.15) is 0 Å². The Labute approximate surface area is 89.3 Å². The minimum atomic E-state index is -0.309. The first-order valence-electron chi connectivity index (χ1n) is 4.66. The van der Waals surface area contributed by atoms with Gasteiger partial charge in [0.2, 0.25) is 0 Å². The molecule has 1 aromatic rings. The average molecular weight is 206 g/mol. The van der Waals surface area contributed by atoms with E-state index in [1.54, 1.807) is 0 Å².